The van der Waals surface area contributed by atoms with Crippen LogP contribution in [0.1, 0.15) is 5.56 Å². The summed E-state index contributed by atoms with van der Waals surface area (Å²) >= 11 is 0. The number of benzene rings is 1. The lowest BCUT2D eigenvalue weighted by Crippen LogP contribution is -2.27. The number of carbonyl (C=O) groups is 2. The Hall–Kier alpha value is -1.88. The molecular formula is C12H16N2O3. The van der Waals surface area contributed by atoms with Crippen LogP contribution in [0.2, 0.25) is 0 Å². The van der Waals surface area contributed by atoms with Gasteiger partial charge in [-0.05, 0) is 31.8 Å². The molecule has 5 heteroatoms. The number of carboxylic acid groups (broad SMARTS) is 1. The van der Waals surface area contributed by atoms with Gasteiger partial charge in [-0.1, -0.05) is 12.1 Å². The number of hydrogen-bond donors (Lipinski definition) is 2. The highest BCUT2D eigenvalue weighted by atomic mass is 16.4. The van der Waals surface area contributed by atoms with Gasteiger partial charge in [0.1, 0.15) is 0 Å². The number of hydrogen-bond acceptors (Lipinski definition) is 3. The van der Waals surface area contributed by atoms with E-state index in [9.17, 15) is 9.59 Å². The molecule has 0 aliphatic heterocycles. The summed E-state index contributed by atoms with van der Waals surface area (Å²) < 4.78 is 0. The van der Waals surface area contributed by atoms with Crippen molar-refractivity contribution in [2.75, 3.05) is 26.0 Å². The van der Waals surface area contributed by atoms with Crippen LogP contribution in [0.15, 0.2) is 24.3 Å². The number of anilines is 1. The van der Waals surface area contributed by atoms with E-state index in [2.05, 4.69) is 5.32 Å². The Labute approximate surface area is 100 Å². The summed E-state index contributed by atoms with van der Waals surface area (Å²) in [5.74, 6) is -0.963. The first-order valence-corrected chi connectivity index (χ1v) is 5.22. The lowest BCUT2D eigenvalue weighted by atomic mass is 10.1. The molecule has 0 atom stereocenters. The van der Waals surface area contributed by atoms with Gasteiger partial charge in [0, 0.05) is 5.69 Å². The zero-order chi connectivity index (χ0) is 12.8. The van der Waals surface area contributed by atoms with Crippen LogP contribution in [0.25, 0.3) is 0 Å². The van der Waals surface area contributed by atoms with Crippen LogP contribution in [-0.2, 0) is 16.0 Å². The molecular weight excluding hydrogens is 220 g/mol. The zero-order valence-corrected chi connectivity index (χ0v) is 9.93. The van der Waals surface area contributed by atoms with E-state index in [1.807, 2.05) is 14.1 Å². The molecule has 0 aliphatic rings. The molecule has 1 aromatic carbocycles. The number of aliphatic carboxylic acids is 1. The second-order valence-corrected chi connectivity index (χ2v) is 4.05. The largest absolute Gasteiger partial charge is 0.481 e. The van der Waals surface area contributed by atoms with Gasteiger partial charge < -0.3 is 15.3 Å². The van der Waals surface area contributed by atoms with Gasteiger partial charge in [-0.15, -0.1) is 0 Å². The van der Waals surface area contributed by atoms with Crippen molar-refractivity contribution in [3.05, 3.63) is 29.8 Å². The van der Waals surface area contributed by atoms with Gasteiger partial charge in [0.15, 0.2) is 0 Å². The molecule has 0 heterocycles. The maximum absolute atomic E-state index is 11.4. The molecule has 0 fully saturated rings. The summed E-state index contributed by atoms with van der Waals surface area (Å²) in [4.78, 5) is 23.7. The first-order valence-electron chi connectivity index (χ1n) is 5.22. The van der Waals surface area contributed by atoms with E-state index in [0.29, 0.717) is 17.8 Å². The molecule has 0 spiro atoms. The summed E-state index contributed by atoms with van der Waals surface area (Å²) in [6, 6.07) is 6.79. The van der Waals surface area contributed by atoms with Crippen molar-refractivity contribution in [1.29, 1.82) is 0 Å². The third kappa shape index (κ3) is 5.12. The predicted molar refractivity (Wildman–Crippen MR) is 65.0 cm³/mol. The van der Waals surface area contributed by atoms with Crippen molar-refractivity contribution in [2.45, 2.75) is 6.42 Å². The number of carboxylic acids is 1. The van der Waals surface area contributed by atoms with E-state index in [1.54, 1.807) is 29.2 Å². The maximum atomic E-state index is 11.4. The van der Waals surface area contributed by atoms with E-state index in [4.69, 9.17) is 5.11 Å². The molecule has 1 amide bonds. The van der Waals surface area contributed by atoms with Crippen molar-refractivity contribution in [2.24, 2.45) is 0 Å². The van der Waals surface area contributed by atoms with Crippen LogP contribution in [-0.4, -0.2) is 42.5 Å². The smallest absolute Gasteiger partial charge is 0.307 e. The van der Waals surface area contributed by atoms with Crippen molar-refractivity contribution >= 4 is 17.6 Å². The third-order valence-corrected chi connectivity index (χ3v) is 2.05. The maximum Gasteiger partial charge on any atom is 0.307 e. The summed E-state index contributed by atoms with van der Waals surface area (Å²) in [5, 5.41) is 11.3. The molecule has 0 radical (unpaired) electrons. The normalized spacial score (nSPS) is 10.3. The standard InChI is InChI=1S/C12H16N2O3/c1-14(2)8-11(15)13-10-5-3-9(4-6-10)7-12(16)17/h3-6H,7-8H2,1-2H3,(H,13,15)(H,16,17). The van der Waals surface area contributed by atoms with Gasteiger partial charge in [0.05, 0.1) is 13.0 Å². The zero-order valence-electron chi connectivity index (χ0n) is 9.93. The van der Waals surface area contributed by atoms with Crippen molar-refractivity contribution in [1.82, 2.24) is 4.90 Å². The van der Waals surface area contributed by atoms with E-state index < -0.39 is 5.97 Å². The molecule has 0 unspecified atom stereocenters. The van der Waals surface area contributed by atoms with Gasteiger partial charge in [-0.2, -0.15) is 0 Å². The molecule has 0 bridgehead atoms. The molecule has 0 saturated carbocycles. The average molecular weight is 236 g/mol. The second-order valence-electron chi connectivity index (χ2n) is 4.05. The Morgan fingerprint density at radius 2 is 1.82 bits per heavy atom. The lowest BCUT2D eigenvalue weighted by molar-refractivity contribution is -0.136. The number of rotatable bonds is 5. The number of nitrogens with one attached hydrogen (secondary N) is 1. The Balaban J connectivity index is 2.56. The van der Waals surface area contributed by atoms with Gasteiger partial charge in [-0.25, -0.2) is 0 Å². The van der Waals surface area contributed by atoms with Crippen molar-refractivity contribution < 1.29 is 14.7 Å². The van der Waals surface area contributed by atoms with Crippen LogP contribution in [0, 0.1) is 0 Å². The van der Waals surface area contributed by atoms with E-state index in [-0.39, 0.29) is 12.3 Å². The van der Waals surface area contributed by atoms with Gasteiger partial charge in [0.25, 0.3) is 0 Å². The lowest BCUT2D eigenvalue weighted by Gasteiger charge is -2.10. The monoisotopic (exact) mass is 236 g/mol. The molecule has 0 aromatic heterocycles. The minimum Gasteiger partial charge on any atom is -0.481 e. The topological polar surface area (TPSA) is 69.6 Å². The SMILES string of the molecule is CN(C)CC(=O)Nc1ccc(CC(=O)O)cc1. The number of carbonyl (C=O) groups excluding carboxylic acids is 1. The summed E-state index contributed by atoms with van der Waals surface area (Å²) in [6.45, 7) is 0.316. The minimum absolute atomic E-state index is 0.00801. The number of nitrogens with zero attached hydrogens (tertiary/aromatic N) is 1. The number of amides is 1. The Kier molecular flexibility index (Phi) is 4.66. The van der Waals surface area contributed by atoms with Crippen LogP contribution < -0.4 is 5.32 Å². The van der Waals surface area contributed by atoms with E-state index in [1.165, 1.54) is 0 Å². The fourth-order valence-corrected chi connectivity index (χ4v) is 1.37. The molecule has 0 saturated heterocycles. The minimum atomic E-state index is -0.866. The van der Waals surface area contributed by atoms with Gasteiger partial charge in [-0.3, -0.25) is 9.59 Å². The van der Waals surface area contributed by atoms with Crippen LogP contribution >= 0.6 is 0 Å². The third-order valence-electron chi connectivity index (χ3n) is 2.05. The Bertz CT molecular complexity index is 399. The average Bonchev–Trinajstić information content (AvgIpc) is 2.18. The van der Waals surface area contributed by atoms with Gasteiger partial charge in [0.2, 0.25) is 5.91 Å². The fourth-order valence-electron chi connectivity index (χ4n) is 1.37. The Morgan fingerprint density at radius 3 is 2.29 bits per heavy atom. The number of likely N-dealkylation sites (N-methyl/N-ethyl adjacent to an activating group) is 1. The Morgan fingerprint density at radius 1 is 1.24 bits per heavy atom. The van der Waals surface area contributed by atoms with Crippen molar-refractivity contribution in [3.8, 4) is 0 Å². The molecule has 92 valence electrons. The second kappa shape index (κ2) is 6.00. The molecule has 2 N–H and O–H groups in total. The molecule has 5 nitrogen and oxygen atoms in total. The highest BCUT2D eigenvalue weighted by Gasteiger charge is 2.04. The molecule has 17 heavy (non-hydrogen) atoms. The highest BCUT2D eigenvalue weighted by Crippen LogP contribution is 2.10. The quantitative estimate of drug-likeness (QED) is 0.794. The van der Waals surface area contributed by atoms with Crippen LogP contribution in [0.3, 0.4) is 0 Å². The first kappa shape index (κ1) is 13.2. The van der Waals surface area contributed by atoms with E-state index in [0.717, 1.165) is 0 Å². The molecule has 0 aliphatic carbocycles. The fraction of sp³-hybridized carbons (Fsp3) is 0.333. The van der Waals surface area contributed by atoms with Crippen LogP contribution in [0.5, 0.6) is 0 Å². The summed E-state index contributed by atoms with van der Waals surface area (Å²) in [6.07, 6.45) is -0.00801. The van der Waals surface area contributed by atoms with Gasteiger partial charge >= 0.3 is 5.97 Å². The van der Waals surface area contributed by atoms with E-state index >= 15 is 0 Å². The summed E-state index contributed by atoms with van der Waals surface area (Å²) in [7, 11) is 3.63. The summed E-state index contributed by atoms with van der Waals surface area (Å²) in [5.41, 5.74) is 1.38. The van der Waals surface area contributed by atoms with Crippen LogP contribution in [0.4, 0.5) is 5.69 Å². The first-order chi connectivity index (χ1) is 7.97. The predicted octanol–water partition coefficient (Wildman–Crippen LogP) is 0.814. The molecule has 1 rings (SSSR count). The molecule has 1 aromatic rings. The van der Waals surface area contributed by atoms with Crippen molar-refractivity contribution in [3.63, 3.8) is 0 Å². The highest BCUT2D eigenvalue weighted by molar-refractivity contribution is 5.92.